The van der Waals surface area contributed by atoms with Gasteiger partial charge in [-0.3, -0.25) is 10.1 Å². The van der Waals surface area contributed by atoms with Crippen molar-refractivity contribution < 1.29 is 13.6 Å². The van der Waals surface area contributed by atoms with Gasteiger partial charge in [0, 0.05) is 13.0 Å². The summed E-state index contributed by atoms with van der Waals surface area (Å²) < 4.78 is 24.9. The van der Waals surface area contributed by atoms with Crippen LogP contribution >= 0.6 is 0 Å². The Morgan fingerprint density at radius 2 is 2.31 bits per heavy atom. The highest BCUT2D eigenvalue weighted by molar-refractivity contribution is 5.83. The molecule has 1 saturated heterocycles. The zero-order chi connectivity index (χ0) is 10.1. The summed E-state index contributed by atoms with van der Waals surface area (Å²) in [6.45, 7) is 3.10. The number of nitrogens with one attached hydrogen (secondary N) is 1. The fraction of sp³-hybridized carbons (Fsp3) is 0.875. The van der Waals surface area contributed by atoms with Crippen molar-refractivity contribution in [2.24, 2.45) is 0 Å². The highest BCUT2D eigenvalue weighted by Gasteiger charge is 2.30. The fourth-order valence-corrected chi connectivity index (χ4v) is 1.21. The lowest BCUT2D eigenvalue weighted by Gasteiger charge is -2.17. The molecule has 76 valence electrons. The Morgan fingerprint density at radius 3 is 2.69 bits per heavy atom. The van der Waals surface area contributed by atoms with Gasteiger partial charge in [-0.25, -0.2) is 8.78 Å². The van der Waals surface area contributed by atoms with E-state index in [1.807, 2.05) is 0 Å². The second kappa shape index (κ2) is 3.57. The molecule has 13 heavy (non-hydrogen) atoms. The predicted octanol–water partition coefficient (Wildman–Crippen LogP) is 0.810. The molecule has 1 heterocycles. The minimum absolute atomic E-state index is 0.0933. The Bertz CT molecular complexity index is 203. The van der Waals surface area contributed by atoms with Gasteiger partial charge in [-0.2, -0.15) is 0 Å². The van der Waals surface area contributed by atoms with Crippen LogP contribution < -0.4 is 5.32 Å². The standard InChI is InChI=1S/C8H14F2N2O/c1-6-7(13)12(5-11-6)4-3-8(2,9)10/h6,11H,3-5H2,1-2H3. The van der Waals surface area contributed by atoms with Crippen molar-refractivity contribution in [3.63, 3.8) is 0 Å². The van der Waals surface area contributed by atoms with Crippen LogP contribution in [-0.2, 0) is 4.79 Å². The van der Waals surface area contributed by atoms with Gasteiger partial charge >= 0.3 is 0 Å². The average Bonchev–Trinajstić information content (AvgIpc) is 2.29. The molecule has 0 bridgehead atoms. The summed E-state index contributed by atoms with van der Waals surface area (Å²) in [6.07, 6.45) is -0.271. The van der Waals surface area contributed by atoms with Crippen LogP contribution in [0.1, 0.15) is 20.3 Å². The van der Waals surface area contributed by atoms with Crippen molar-refractivity contribution in [3.05, 3.63) is 0 Å². The molecule has 0 saturated carbocycles. The zero-order valence-electron chi connectivity index (χ0n) is 7.81. The molecule has 1 unspecified atom stereocenters. The molecule has 0 aromatic carbocycles. The molecule has 1 aliphatic rings. The van der Waals surface area contributed by atoms with E-state index in [4.69, 9.17) is 0 Å². The third-order valence-electron chi connectivity index (χ3n) is 2.09. The van der Waals surface area contributed by atoms with Crippen LogP contribution in [0.15, 0.2) is 0 Å². The first-order valence-electron chi connectivity index (χ1n) is 4.30. The van der Waals surface area contributed by atoms with E-state index in [2.05, 4.69) is 5.32 Å². The van der Waals surface area contributed by atoms with Gasteiger partial charge in [-0.15, -0.1) is 0 Å². The van der Waals surface area contributed by atoms with Crippen molar-refractivity contribution in [1.29, 1.82) is 0 Å². The molecule has 0 aromatic rings. The molecule has 1 aliphatic heterocycles. The normalized spacial score (nSPS) is 24.2. The highest BCUT2D eigenvalue weighted by atomic mass is 19.3. The van der Waals surface area contributed by atoms with Crippen LogP contribution in [0.2, 0.25) is 0 Å². The van der Waals surface area contributed by atoms with Crippen molar-refractivity contribution in [1.82, 2.24) is 10.2 Å². The number of carbonyl (C=O) groups is 1. The maximum atomic E-state index is 12.4. The van der Waals surface area contributed by atoms with Gasteiger partial charge in [0.15, 0.2) is 0 Å². The van der Waals surface area contributed by atoms with Crippen LogP contribution in [0.25, 0.3) is 0 Å². The molecule has 1 N–H and O–H groups in total. The lowest BCUT2D eigenvalue weighted by atomic mass is 10.2. The maximum Gasteiger partial charge on any atom is 0.247 e. The first kappa shape index (κ1) is 10.4. The molecule has 1 rings (SSSR count). The molecule has 1 amide bonds. The molecule has 0 aliphatic carbocycles. The minimum Gasteiger partial charge on any atom is -0.328 e. The molecule has 3 nitrogen and oxygen atoms in total. The van der Waals surface area contributed by atoms with E-state index < -0.39 is 5.92 Å². The quantitative estimate of drug-likeness (QED) is 0.717. The second-order valence-electron chi connectivity index (χ2n) is 3.51. The zero-order valence-corrected chi connectivity index (χ0v) is 7.81. The number of carbonyl (C=O) groups excluding carboxylic acids is 1. The Morgan fingerprint density at radius 1 is 1.69 bits per heavy atom. The van der Waals surface area contributed by atoms with Crippen LogP contribution in [0.4, 0.5) is 8.78 Å². The van der Waals surface area contributed by atoms with Crippen LogP contribution in [0.5, 0.6) is 0 Å². The van der Waals surface area contributed by atoms with E-state index in [0.717, 1.165) is 6.92 Å². The monoisotopic (exact) mass is 192 g/mol. The predicted molar refractivity (Wildman–Crippen MR) is 44.4 cm³/mol. The van der Waals surface area contributed by atoms with Gasteiger partial charge < -0.3 is 4.90 Å². The molecule has 1 fully saturated rings. The molecular formula is C8H14F2N2O. The molecule has 0 spiro atoms. The maximum absolute atomic E-state index is 12.4. The van der Waals surface area contributed by atoms with E-state index in [1.165, 1.54) is 4.90 Å². The van der Waals surface area contributed by atoms with Gasteiger partial charge in [0.25, 0.3) is 0 Å². The first-order chi connectivity index (χ1) is 5.90. The number of alkyl halides is 2. The average molecular weight is 192 g/mol. The van der Waals surface area contributed by atoms with Gasteiger partial charge in [0.05, 0.1) is 12.7 Å². The number of hydrogen-bond acceptors (Lipinski definition) is 2. The van der Waals surface area contributed by atoms with E-state index in [0.29, 0.717) is 6.67 Å². The van der Waals surface area contributed by atoms with Crippen molar-refractivity contribution in [3.8, 4) is 0 Å². The molecule has 5 heteroatoms. The Balaban J connectivity index is 2.35. The molecule has 1 atom stereocenters. The fourth-order valence-electron chi connectivity index (χ4n) is 1.21. The summed E-state index contributed by atoms with van der Waals surface area (Å²) in [5.41, 5.74) is 0. The van der Waals surface area contributed by atoms with E-state index in [1.54, 1.807) is 6.92 Å². The van der Waals surface area contributed by atoms with Gasteiger partial charge in [-0.05, 0) is 13.8 Å². The summed E-state index contributed by atoms with van der Waals surface area (Å²) >= 11 is 0. The van der Waals surface area contributed by atoms with Gasteiger partial charge in [0.1, 0.15) is 0 Å². The van der Waals surface area contributed by atoms with E-state index in [-0.39, 0.29) is 24.9 Å². The minimum atomic E-state index is -2.69. The van der Waals surface area contributed by atoms with Crippen molar-refractivity contribution in [2.45, 2.75) is 32.2 Å². The molecule has 0 radical (unpaired) electrons. The second-order valence-corrected chi connectivity index (χ2v) is 3.51. The summed E-state index contributed by atoms with van der Waals surface area (Å²) in [5, 5.41) is 2.89. The largest absolute Gasteiger partial charge is 0.328 e. The summed E-state index contributed by atoms with van der Waals surface area (Å²) in [6, 6.07) is -0.231. The topological polar surface area (TPSA) is 32.3 Å². The highest BCUT2D eigenvalue weighted by Crippen LogP contribution is 2.17. The number of amides is 1. The van der Waals surface area contributed by atoms with Crippen molar-refractivity contribution in [2.75, 3.05) is 13.2 Å². The smallest absolute Gasteiger partial charge is 0.247 e. The number of nitrogens with zero attached hydrogens (tertiary/aromatic N) is 1. The lowest BCUT2D eigenvalue weighted by Crippen LogP contribution is -2.32. The third kappa shape index (κ3) is 2.91. The van der Waals surface area contributed by atoms with E-state index in [9.17, 15) is 13.6 Å². The lowest BCUT2D eigenvalue weighted by molar-refractivity contribution is -0.129. The number of hydrogen-bond donors (Lipinski definition) is 1. The van der Waals surface area contributed by atoms with Gasteiger partial charge in [-0.1, -0.05) is 0 Å². The van der Waals surface area contributed by atoms with E-state index >= 15 is 0 Å². The Labute approximate surface area is 76.1 Å². The van der Waals surface area contributed by atoms with Gasteiger partial charge in [0.2, 0.25) is 11.8 Å². The number of halogens is 2. The van der Waals surface area contributed by atoms with Crippen LogP contribution in [-0.4, -0.2) is 36.0 Å². The summed E-state index contributed by atoms with van der Waals surface area (Å²) in [4.78, 5) is 12.7. The van der Waals surface area contributed by atoms with Crippen molar-refractivity contribution >= 4 is 5.91 Å². The third-order valence-corrected chi connectivity index (χ3v) is 2.09. The van der Waals surface area contributed by atoms with Crippen LogP contribution in [0.3, 0.4) is 0 Å². The van der Waals surface area contributed by atoms with Crippen LogP contribution in [0, 0.1) is 0 Å². The molecule has 0 aromatic heterocycles. The first-order valence-corrected chi connectivity index (χ1v) is 4.30. The summed E-state index contributed by atoms with van der Waals surface area (Å²) in [7, 11) is 0. The Hall–Kier alpha value is -0.710. The molecular weight excluding hydrogens is 178 g/mol. The number of rotatable bonds is 3. The summed E-state index contributed by atoms with van der Waals surface area (Å²) in [5.74, 6) is -2.78. The Kier molecular flexibility index (Phi) is 2.85. The SMILES string of the molecule is CC1NCN(CCC(C)(F)F)C1=O.